The number of carbonyl (C=O) groups is 1. The summed E-state index contributed by atoms with van der Waals surface area (Å²) < 4.78 is 11.0. The van der Waals surface area contributed by atoms with Gasteiger partial charge in [-0.05, 0) is 44.7 Å². The maximum atomic E-state index is 12.2. The summed E-state index contributed by atoms with van der Waals surface area (Å²) >= 11 is 0. The van der Waals surface area contributed by atoms with Crippen LogP contribution in [-0.4, -0.2) is 31.8 Å². The molecule has 4 nitrogen and oxygen atoms in total. The number of benzene rings is 1. The summed E-state index contributed by atoms with van der Waals surface area (Å²) in [6, 6.07) is 7.91. The fraction of sp³-hybridized carbons (Fsp3) is 0.588. The number of para-hydroxylation sites is 1. The minimum absolute atomic E-state index is 0.0708. The van der Waals surface area contributed by atoms with Gasteiger partial charge < -0.3 is 14.8 Å². The van der Waals surface area contributed by atoms with Gasteiger partial charge in [0, 0.05) is 12.5 Å². The van der Waals surface area contributed by atoms with Crippen LogP contribution in [-0.2, 0) is 16.0 Å². The second-order valence-electron chi connectivity index (χ2n) is 5.78. The molecular formula is C17H25NO3. The van der Waals surface area contributed by atoms with E-state index in [1.807, 2.05) is 38.1 Å². The maximum absolute atomic E-state index is 12.2. The van der Waals surface area contributed by atoms with Crippen LogP contribution in [0.4, 0.5) is 0 Å². The molecule has 0 aliphatic carbocycles. The van der Waals surface area contributed by atoms with Crippen molar-refractivity contribution in [3.63, 3.8) is 0 Å². The van der Waals surface area contributed by atoms with E-state index in [9.17, 15) is 4.79 Å². The molecule has 21 heavy (non-hydrogen) atoms. The van der Waals surface area contributed by atoms with E-state index in [2.05, 4.69) is 5.32 Å². The Bertz CT molecular complexity index is 465. The summed E-state index contributed by atoms with van der Waals surface area (Å²) in [6.45, 7) is 4.70. The van der Waals surface area contributed by atoms with Crippen LogP contribution in [0, 0.1) is 5.92 Å². The van der Waals surface area contributed by atoms with E-state index < -0.39 is 0 Å². The molecule has 1 amide bonds. The topological polar surface area (TPSA) is 47.6 Å². The molecule has 2 atom stereocenters. The summed E-state index contributed by atoms with van der Waals surface area (Å²) in [5, 5.41) is 3.04. The molecule has 0 unspecified atom stereocenters. The SMILES string of the molecule is COc1ccccc1CCNC(=O)C1C[C@@H](C)O[C@H](C)C1. The number of ether oxygens (including phenoxy) is 2. The molecule has 1 heterocycles. The average molecular weight is 291 g/mol. The fourth-order valence-electron chi connectivity index (χ4n) is 2.99. The molecule has 0 saturated carbocycles. The van der Waals surface area contributed by atoms with Crippen LogP contribution in [0.1, 0.15) is 32.3 Å². The molecule has 0 aromatic heterocycles. The normalized spacial score (nSPS) is 25.4. The monoisotopic (exact) mass is 291 g/mol. The fourth-order valence-corrected chi connectivity index (χ4v) is 2.99. The third kappa shape index (κ3) is 4.46. The van der Waals surface area contributed by atoms with Crippen molar-refractivity contribution >= 4 is 5.91 Å². The number of nitrogens with one attached hydrogen (secondary N) is 1. The molecule has 1 aromatic carbocycles. The molecule has 2 rings (SSSR count). The number of carbonyl (C=O) groups excluding carboxylic acids is 1. The van der Waals surface area contributed by atoms with Crippen LogP contribution in [0.5, 0.6) is 5.75 Å². The van der Waals surface area contributed by atoms with Gasteiger partial charge in [-0.3, -0.25) is 4.79 Å². The Balaban J connectivity index is 1.81. The first-order valence-corrected chi connectivity index (χ1v) is 7.65. The van der Waals surface area contributed by atoms with E-state index in [1.54, 1.807) is 7.11 Å². The molecule has 0 spiro atoms. The van der Waals surface area contributed by atoms with Crippen molar-refractivity contribution in [2.75, 3.05) is 13.7 Å². The Morgan fingerprint density at radius 2 is 1.95 bits per heavy atom. The minimum Gasteiger partial charge on any atom is -0.496 e. The van der Waals surface area contributed by atoms with Crippen LogP contribution in [0.25, 0.3) is 0 Å². The highest BCUT2D eigenvalue weighted by atomic mass is 16.5. The largest absolute Gasteiger partial charge is 0.496 e. The van der Waals surface area contributed by atoms with Crippen molar-refractivity contribution in [2.45, 2.75) is 45.3 Å². The molecule has 116 valence electrons. The van der Waals surface area contributed by atoms with Gasteiger partial charge in [0.2, 0.25) is 5.91 Å². The standard InChI is InChI=1S/C17H25NO3/c1-12-10-15(11-13(2)21-12)17(19)18-9-8-14-6-4-5-7-16(14)20-3/h4-7,12-13,15H,8-11H2,1-3H3,(H,18,19)/t12-,13-/m1/s1. The van der Waals surface area contributed by atoms with Crippen LogP contribution in [0.2, 0.25) is 0 Å². The molecule has 0 bridgehead atoms. The van der Waals surface area contributed by atoms with Gasteiger partial charge in [0.1, 0.15) is 5.75 Å². The zero-order valence-electron chi connectivity index (χ0n) is 13.1. The first-order chi connectivity index (χ1) is 10.1. The lowest BCUT2D eigenvalue weighted by molar-refractivity contribution is -0.133. The predicted octanol–water partition coefficient (Wildman–Crippen LogP) is 2.56. The molecule has 4 heteroatoms. The van der Waals surface area contributed by atoms with Crippen molar-refractivity contribution in [3.8, 4) is 5.75 Å². The van der Waals surface area contributed by atoms with Gasteiger partial charge in [0.15, 0.2) is 0 Å². The summed E-state index contributed by atoms with van der Waals surface area (Å²) in [7, 11) is 1.67. The van der Waals surface area contributed by atoms with E-state index in [0.717, 1.165) is 30.6 Å². The first-order valence-electron chi connectivity index (χ1n) is 7.65. The Labute approximate surface area is 126 Å². The minimum atomic E-state index is 0.0708. The highest BCUT2D eigenvalue weighted by molar-refractivity contribution is 5.78. The number of amides is 1. The van der Waals surface area contributed by atoms with Gasteiger partial charge in [-0.1, -0.05) is 18.2 Å². The zero-order chi connectivity index (χ0) is 15.2. The van der Waals surface area contributed by atoms with Crippen molar-refractivity contribution in [3.05, 3.63) is 29.8 Å². The lowest BCUT2D eigenvalue weighted by Gasteiger charge is -2.31. The summed E-state index contributed by atoms with van der Waals surface area (Å²) in [4.78, 5) is 12.2. The van der Waals surface area contributed by atoms with Crippen molar-refractivity contribution in [1.29, 1.82) is 0 Å². The Morgan fingerprint density at radius 1 is 1.29 bits per heavy atom. The van der Waals surface area contributed by atoms with Crippen LogP contribution in [0.3, 0.4) is 0 Å². The molecule has 1 aromatic rings. The smallest absolute Gasteiger partial charge is 0.223 e. The first kappa shape index (κ1) is 15.8. The van der Waals surface area contributed by atoms with Gasteiger partial charge in [0.05, 0.1) is 19.3 Å². The maximum Gasteiger partial charge on any atom is 0.223 e. The van der Waals surface area contributed by atoms with E-state index in [-0.39, 0.29) is 24.0 Å². The number of rotatable bonds is 5. The lowest BCUT2D eigenvalue weighted by Crippen LogP contribution is -2.39. The summed E-state index contributed by atoms with van der Waals surface area (Å²) in [5.41, 5.74) is 1.12. The van der Waals surface area contributed by atoms with Crippen molar-refractivity contribution in [2.24, 2.45) is 5.92 Å². The Kier molecular flexibility index (Phi) is 5.62. The van der Waals surface area contributed by atoms with Crippen LogP contribution < -0.4 is 10.1 Å². The van der Waals surface area contributed by atoms with Crippen LogP contribution in [0.15, 0.2) is 24.3 Å². The molecular weight excluding hydrogens is 266 g/mol. The molecule has 0 radical (unpaired) electrons. The molecule has 1 saturated heterocycles. The van der Waals surface area contributed by atoms with Crippen molar-refractivity contribution < 1.29 is 14.3 Å². The average Bonchev–Trinajstić information content (AvgIpc) is 2.46. The Morgan fingerprint density at radius 3 is 2.62 bits per heavy atom. The summed E-state index contributed by atoms with van der Waals surface area (Å²) in [5.74, 6) is 1.09. The molecule has 1 N–H and O–H groups in total. The van der Waals surface area contributed by atoms with Crippen LogP contribution >= 0.6 is 0 Å². The third-order valence-electron chi connectivity index (χ3n) is 3.95. The highest BCUT2D eigenvalue weighted by Gasteiger charge is 2.29. The van der Waals surface area contributed by atoms with E-state index in [4.69, 9.17) is 9.47 Å². The lowest BCUT2D eigenvalue weighted by atomic mass is 9.92. The summed E-state index contributed by atoms with van der Waals surface area (Å²) in [6.07, 6.45) is 2.73. The number of hydrogen-bond donors (Lipinski definition) is 1. The third-order valence-corrected chi connectivity index (χ3v) is 3.95. The van der Waals surface area contributed by atoms with Gasteiger partial charge in [0.25, 0.3) is 0 Å². The second-order valence-corrected chi connectivity index (χ2v) is 5.78. The number of methoxy groups -OCH3 is 1. The molecule has 1 aliphatic rings. The van der Waals surface area contributed by atoms with Gasteiger partial charge >= 0.3 is 0 Å². The molecule has 1 aliphatic heterocycles. The predicted molar refractivity (Wildman–Crippen MR) is 82.4 cm³/mol. The van der Waals surface area contributed by atoms with Gasteiger partial charge in [-0.25, -0.2) is 0 Å². The zero-order valence-corrected chi connectivity index (χ0v) is 13.1. The van der Waals surface area contributed by atoms with E-state index in [0.29, 0.717) is 6.54 Å². The second kappa shape index (κ2) is 7.46. The van der Waals surface area contributed by atoms with E-state index in [1.165, 1.54) is 0 Å². The highest BCUT2D eigenvalue weighted by Crippen LogP contribution is 2.24. The Hall–Kier alpha value is -1.55. The number of hydrogen-bond acceptors (Lipinski definition) is 3. The van der Waals surface area contributed by atoms with Gasteiger partial charge in [-0.2, -0.15) is 0 Å². The quantitative estimate of drug-likeness (QED) is 0.907. The van der Waals surface area contributed by atoms with E-state index >= 15 is 0 Å². The molecule has 1 fully saturated rings. The van der Waals surface area contributed by atoms with Crippen molar-refractivity contribution in [1.82, 2.24) is 5.32 Å². The van der Waals surface area contributed by atoms with Gasteiger partial charge in [-0.15, -0.1) is 0 Å².